The van der Waals surface area contributed by atoms with Gasteiger partial charge in [-0.25, -0.2) is 4.79 Å². The van der Waals surface area contributed by atoms with Crippen molar-refractivity contribution in [3.63, 3.8) is 0 Å². The zero-order chi connectivity index (χ0) is 24.0. The molecule has 0 aliphatic carbocycles. The SMILES string of the molecule is COC(=O)c1c(CC(=O)N(CCCN(C)C)Cc2ccc(Cl)c(Cl)c2)[nH]c(C(C)=O)c1C. The second kappa shape index (κ2) is 11.5. The monoisotopic (exact) mass is 481 g/mol. The number of benzene rings is 1. The summed E-state index contributed by atoms with van der Waals surface area (Å²) in [4.78, 5) is 44.3. The first-order valence-corrected chi connectivity index (χ1v) is 11.0. The van der Waals surface area contributed by atoms with Crippen molar-refractivity contribution in [2.24, 2.45) is 0 Å². The van der Waals surface area contributed by atoms with Gasteiger partial charge in [0.05, 0.1) is 34.8 Å². The predicted octanol–water partition coefficient (Wildman–Crippen LogP) is 4.14. The minimum absolute atomic E-state index is 0.0676. The van der Waals surface area contributed by atoms with Gasteiger partial charge >= 0.3 is 5.97 Å². The van der Waals surface area contributed by atoms with Crippen LogP contribution in [0.25, 0.3) is 0 Å². The summed E-state index contributed by atoms with van der Waals surface area (Å²) in [5.74, 6) is -0.987. The summed E-state index contributed by atoms with van der Waals surface area (Å²) >= 11 is 12.2. The number of ketones is 1. The molecular weight excluding hydrogens is 453 g/mol. The first-order chi connectivity index (χ1) is 15.0. The predicted molar refractivity (Wildman–Crippen MR) is 126 cm³/mol. The molecule has 0 bridgehead atoms. The Labute approximate surface area is 198 Å². The molecule has 0 aliphatic rings. The van der Waals surface area contributed by atoms with E-state index in [-0.39, 0.29) is 23.7 Å². The zero-order valence-electron chi connectivity index (χ0n) is 19.1. The molecule has 1 aromatic carbocycles. The van der Waals surface area contributed by atoms with Gasteiger partial charge in [-0.05, 0) is 57.2 Å². The van der Waals surface area contributed by atoms with Gasteiger partial charge in [0.1, 0.15) is 0 Å². The van der Waals surface area contributed by atoms with E-state index in [9.17, 15) is 14.4 Å². The van der Waals surface area contributed by atoms with Crippen LogP contribution in [0.5, 0.6) is 0 Å². The Morgan fingerprint density at radius 1 is 1.09 bits per heavy atom. The highest BCUT2D eigenvalue weighted by atomic mass is 35.5. The van der Waals surface area contributed by atoms with Crippen molar-refractivity contribution in [3.8, 4) is 0 Å². The molecule has 0 radical (unpaired) electrons. The maximum Gasteiger partial charge on any atom is 0.339 e. The molecule has 0 aliphatic heterocycles. The molecule has 0 saturated heterocycles. The molecule has 0 atom stereocenters. The van der Waals surface area contributed by atoms with E-state index in [2.05, 4.69) is 4.98 Å². The lowest BCUT2D eigenvalue weighted by atomic mass is 10.1. The van der Waals surface area contributed by atoms with Crippen molar-refractivity contribution >= 4 is 40.9 Å². The van der Waals surface area contributed by atoms with Crippen molar-refractivity contribution in [3.05, 3.63) is 56.3 Å². The van der Waals surface area contributed by atoms with Gasteiger partial charge in [0.15, 0.2) is 5.78 Å². The second-order valence-corrected chi connectivity index (χ2v) is 8.74. The van der Waals surface area contributed by atoms with E-state index in [1.54, 1.807) is 24.0 Å². The summed E-state index contributed by atoms with van der Waals surface area (Å²) in [7, 11) is 5.21. The number of nitrogens with one attached hydrogen (secondary N) is 1. The lowest BCUT2D eigenvalue weighted by molar-refractivity contribution is -0.131. The average molecular weight is 482 g/mol. The molecule has 1 aromatic heterocycles. The smallest absolute Gasteiger partial charge is 0.339 e. The number of esters is 1. The lowest BCUT2D eigenvalue weighted by Crippen LogP contribution is -2.34. The number of carbonyl (C=O) groups excluding carboxylic acids is 3. The summed E-state index contributed by atoms with van der Waals surface area (Å²) < 4.78 is 4.88. The van der Waals surface area contributed by atoms with E-state index in [4.69, 9.17) is 27.9 Å². The first kappa shape index (κ1) is 25.9. The van der Waals surface area contributed by atoms with Gasteiger partial charge in [0, 0.05) is 25.7 Å². The summed E-state index contributed by atoms with van der Waals surface area (Å²) in [6.07, 6.45) is 0.703. The maximum atomic E-state index is 13.3. The van der Waals surface area contributed by atoms with Crippen LogP contribution in [0.1, 0.15) is 51.0 Å². The van der Waals surface area contributed by atoms with Crippen molar-refractivity contribution in [1.29, 1.82) is 0 Å². The van der Waals surface area contributed by atoms with Crippen LogP contribution in [-0.4, -0.2) is 66.7 Å². The lowest BCUT2D eigenvalue weighted by Gasteiger charge is -2.24. The third-order valence-corrected chi connectivity index (χ3v) is 5.88. The fourth-order valence-corrected chi connectivity index (χ4v) is 3.83. The van der Waals surface area contributed by atoms with Gasteiger partial charge in [-0.3, -0.25) is 9.59 Å². The summed E-state index contributed by atoms with van der Waals surface area (Å²) in [5, 5.41) is 0.867. The Kier molecular flexibility index (Phi) is 9.31. The number of aromatic amines is 1. The van der Waals surface area contributed by atoms with Crippen molar-refractivity contribution in [2.45, 2.75) is 33.2 Å². The van der Waals surface area contributed by atoms with E-state index >= 15 is 0 Å². The quantitative estimate of drug-likeness (QED) is 0.407. The summed E-state index contributed by atoms with van der Waals surface area (Å²) in [6.45, 7) is 4.75. The van der Waals surface area contributed by atoms with Crippen LogP contribution in [0.4, 0.5) is 0 Å². The molecule has 1 heterocycles. The third-order valence-electron chi connectivity index (χ3n) is 5.14. The number of amides is 1. The number of Topliss-reactive ketones (excluding diaryl/α,β-unsaturated/α-hetero) is 1. The minimum atomic E-state index is -0.585. The number of rotatable bonds is 10. The fraction of sp³-hybridized carbons (Fsp3) is 0.435. The Hall–Kier alpha value is -2.35. The number of hydrogen-bond donors (Lipinski definition) is 1. The molecule has 0 fully saturated rings. The normalized spacial score (nSPS) is 11.0. The van der Waals surface area contributed by atoms with Gasteiger partial charge in [-0.15, -0.1) is 0 Å². The summed E-state index contributed by atoms with van der Waals surface area (Å²) in [6, 6.07) is 5.26. The molecule has 7 nitrogen and oxygen atoms in total. The zero-order valence-corrected chi connectivity index (χ0v) is 20.6. The van der Waals surface area contributed by atoms with Crippen LogP contribution >= 0.6 is 23.2 Å². The topological polar surface area (TPSA) is 82.7 Å². The van der Waals surface area contributed by atoms with Crippen molar-refractivity contribution < 1.29 is 19.1 Å². The molecule has 1 N–H and O–H groups in total. The Balaban J connectivity index is 2.32. The molecule has 9 heteroatoms. The van der Waals surface area contributed by atoms with Crippen LogP contribution in [-0.2, 0) is 22.5 Å². The Morgan fingerprint density at radius 3 is 2.34 bits per heavy atom. The fourth-order valence-electron chi connectivity index (χ4n) is 3.51. The number of aromatic nitrogens is 1. The number of halogens is 2. The van der Waals surface area contributed by atoms with E-state index in [0.29, 0.717) is 40.1 Å². The van der Waals surface area contributed by atoms with Gasteiger partial charge in [-0.2, -0.15) is 0 Å². The van der Waals surface area contributed by atoms with Crippen LogP contribution in [0.2, 0.25) is 10.0 Å². The van der Waals surface area contributed by atoms with Crippen LogP contribution in [0.15, 0.2) is 18.2 Å². The highest BCUT2D eigenvalue weighted by molar-refractivity contribution is 6.42. The molecule has 0 unspecified atom stereocenters. The number of ether oxygens (including phenoxy) is 1. The first-order valence-electron chi connectivity index (χ1n) is 10.2. The Bertz CT molecular complexity index is 1000. The summed E-state index contributed by atoms with van der Waals surface area (Å²) in [5.41, 5.74) is 2.23. The highest BCUT2D eigenvalue weighted by Crippen LogP contribution is 2.24. The van der Waals surface area contributed by atoms with Gasteiger partial charge in [0.25, 0.3) is 0 Å². The van der Waals surface area contributed by atoms with Gasteiger partial charge in [0.2, 0.25) is 5.91 Å². The van der Waals surface area contributed by atoms with Crippen LogP contribution in [0, 0.1) is 6.92 Å². The van der Waals surface area contributed by atoms with Gasteiger partial charge in [-0.1, -0.05) is 29.3 Å². The van der Waals surface area contributed by atoms with E-state index in [0.717, 1.165) is 18.5 Å². The maximum absolute atomic E-state index is 13.3. The molecule has 174 valence electrons. The largest absolute Gasteiger partial charge is 0.465 e. The molecule has 1 amide bonds. The second-order valence-electron chi connectivity index (χ2n) is 7.92. The Morgan fingerprint density at radius 2 is 1.78 bits per heavy atom. The van der Waals surface area contributed by atoms with E-state index in [1.807, 2.05) is 25.1 Å². The minimum Gasteiger partial charge on any atom is -0.465 e. The van der Waals surface area contributed by atoms with Crippen molar-refractivity contribution in [2.75, 3.05) is 34.3 Å². The van der Waals surface area contributed by atoms with Crippen molar-refractivity contribution in [1.82, 2.24) is 14.8 Å². The molecule has 0 saturated carbocycles. The highest BCUT2D eigenvalue weighted by Gasteiger charge is 2.26. The van der Waals surface area contributed by atoms with Gasteiger partial charge < -0.3 is 19.5 Å². The molecule has 2 rings (SSSR count). The number of H-pyrrole nitrogens is 1. The van der Waals surface area contributed by atoms with E-state index in [1.165, 1.54) is 14.0 Å². The third kappa shape index (κ3) is 6.58. The number of hydrogen-bond acceptors (Lipinski definition) is 5. The number of methoxy groups -OCH3 is 1. The standard InChI is InChI=1S/C23H29Cl2N3O4/c1-14-21(23(31)32-5)19(26-22(14)15(2)29)12-20(30)28(10-6-9-27(3)4)13-16-7-8-17(24)18(25)11-16/h7-8,11,26H,6,9-10,12-13H2,1-5H3. The van der Waals surface area contributed by atoms with Crippen LogP contribution < -0.4 is 0 Å². The number of carbonyl (C=O) groups is 3. The van der Waals surface area contributed by atoms with E-state index < -0.39 is 5.97 Å². The molecular formula is C23H29Cl2N3O4. The van der Waals surface area contributed by atoms with Crippen LogP contribution in [0.3, 0.4) is 0 Å². The number of nitrogens with zero attached hydrogens (tertiary/aromatic N) is 2. The molecule has 32 heavy (non-hydrogen) atoms. The average Bonchev–Trinajstić information content (AvgIpc) is 3.05. The molecule has 0 spiro atoms. The molecule has 2 aromatic rings.